The molecule has 0 radical (unpaired) electrons. The van der Waals surface area contributed by atoms with E-state index in [4.69, 9.17) is 19.3 Å². The molecule has 0 atom stereocenters. The van der Waals surface area contributed by atoms with Gasteiger partial charge in [0.1, 0.15) is 30.5 Å². The van der Waals surface area contributed by atoms with Crippen molar-refractivity contribution in [1.29, 1.82) is 0 Å². The minimum absolute atomic E-state index is 0.0223. The highest BCUT2D eigenvalue weighted by molar-refractivity contribution is 5.86. The van der Waals surface area contributed by atoms with E-state index in [-0.39, 0.29) is 5.41 Å². The number of ether oxygens (including phenoxy) is 3. The van der Waals surface area contributed by atoms with E-state index in [0.717, 1.165) is 23.0 Å². The Morgan fingerprint density at radius 3 is 2.32 bits per heavy atom. The molecule has 0 unspecified atom stereocenters. The Morgan fingerprint density at radius 1 is 1.04 bits per heavy atom. The summed E-state index contributed by atoms with van der Waals surface area (Å²) >= 11 is 0. The normalized spacial score (nSPS) is 11.5. The molecule has 0 heterocycles. The molecule has 0 fully saturated rings. The van der Waals surface area contributed by atoms with Crippen LogP contribution in [0.15, 0.2) is 42.5 Å². The van der Waals surface area contributed by atoms with Crippen molar-refractivity contribution >= 4 is 12.0 Å². The molecule has 0 aliphatic heterocycles. The van der Waals surface area contributed by atoms with Crippen LogP contribution in [-0.4, -0.2) is 31.4 Å². The van der Waals surface area contributed by atoms with Gasteiger partial charge in [-0.25, -0.2) is 4.79 Å². The Bertz CT molecular complexity index is 847. The fourth-order valence-electron chi connectivity index (χ4n) is 2.74. The lowest BCUT2D eigenvalue weighted by Gasteiger charge is -2.23. The van der Waals surface area contributed by atoms with E-state index in [0.29, 0.717) is 30.3 Å². The predicted molar refractivity (Wildman–Crippen MR) is 111 cm³/mol. The second-order valence-corrected chi connectivity index (χ2v) is 7.52. The van der Waals surface area contributed by atoms with Gasteiger partial charge in [0.25, 0.3) is 0 Å². The molecule has 0 amide bonds. The number of hydrogen-bond donors (Lipinski definition) is 1. The van der Waals surface area contributed by atoms with E-state index in [2.05, 4.69) is 32.9 Å². The van der Waals surface area contributed by atoms with Crippen LogP contribution in [0.5, 0.6) is 17.2 Å². The van der Waals surface area contributed by atoms with Gasteiger partial charge in [-0.05, 0) is 47.7 Å². The molecule has 0 saturated heterocycles. The topological polar surface area (TPSA) is 65.0 Å². The van der Waals surface area contributed by atoms with Crippen molar-refractivity contribution in [2.45, 2.75) is 33.1 Å². The van der Waals surface area contributed by atoms with E-state index in [1.165, 1.54) is 6.08 Å². The van der Waals surface area contributed by atoms with Gasteiger partial charge in [0.2, 0.25) is 0 Å². The van der Waals surface area contributed by atoms with E-state index in [1.807, 2.05) is 13.0 Å². The van der Waals surface area contributed by atoms with Crippen LogP contribution in [-0.2, 0) is 10.2 Å². The highest BCUT2D eigenvalue weighted by Crippen LogP contribution is 2.32. The summed E-state index contributed by atoms with van der Waals surface area (Å²) in [5.41, 5.74) is 2.92. The van der Waals surface area contributed by atoms with Gasteiger partial charge in [-0.15, -0.1) is 0 Å². The molecule has 5 heteroatoms. The lowest BCUT2D eigenvalue weighted by molar-refractivity contribution is -0.131. The second kappa shape index (κ2) is 9.31. The van der Waals surface area contributed by atoms with Gasteiger partial charge < -0.3 is 19.3 Å². The highest BCUT2D eigenvalue weighted by Gasteiger charge is 2.19. The standard InChI is InChI=1S/C23H28O5/c1-16-6-10-19(23(2,3)4)21(14-16)28-13-12-27-20-15-18(26-5)9-7-17(20)8-11-22(24)25/h6-11,14-15H,12-13H2,1-5H3,(H,24,25). The maximum Gasteiger partial charge on any atom is 0.328 e. The molecular weight excluding hydrogens is 356 g/mol. The Labute approximate surface area is 166 Å². The average molecular weight is 384 g/mol. The number of carboxylic acids is 1. The van der Waals surface area contributed by atoms with Crippen molar-refractivity contribution in [3.8, 4) is 17.2 Å². The van der Waals surface area contributed by atoms with Gasteiger partial charge in [0.05, 0.1) is 7.11 Å². The lowest BCUT2D eigenvalue weighted by Crippen LogP contribution is -2.16. The SMILES string of the molecule is COc1ccc(C=CC(=O)O)c(OCCOc2cc(C)ccc2C(C)(C)C)c1. The van der Waals surface area contributed by atoms with Crippen LogP contribution in [0.4, 0.5) is 0 Å². The molecule has 0 aliphatic carbocycles. The fourth-order valence-corrected chi connectivity index (χ4v) is 2.74. The van der Waals surface area contributed by atoms with E-state index >= 15 is 0 Å². The average Bonchev–Trinajstić information content (AvgIpc) is 2.62. The molecule has 0 aliphatic rings. The Balaban J connectivity index is 2.08. The van der Waals surface area contributed by atoms with Crippen LogP contribution in [0.3, 0.4) is 0 Å². The predicted octanol–water partition coefficient (Wildman–Crippen LogP) is 4.86. The van der Waals surface area contributed by atoms with E-state index in [1.54, 1.807) is 25.3 Å². The number of aliphatic carboxylic acids is 1. The molecule has 2 aromatic carbocycles. The molecule has 28 heavy (non-hydrogen) atoms. The maximum absolute atomic E-state index is 10.8. The third kappa shape index (κ3) is 6.05. The van der Waals surface area contributed by atoms with Crippen molar-refractivity contribution in [2.75, 3.05) is 20.3 Å². The first-order valence-corrected chi connectivity index (χ1v) is 9.16. The minimum Gasteiger partial charge on any atom is -0.497 e. The van der Waals surface area contributed by atoms with Crippen LogP contribution >= 0.6 is 0 Å². The van der Waals surface area contributed by atoms with Crippen molar-refractivity contribution in [3.63, 3.8) is 0 Å². The molecule has 2 aromatic rings. The summed E-state index contributed by atoms with van der Waals surface area (Å²) in [7, 11) is 1.57. The largest absolute Gasteiger partial charge is 0.497 e. The first-order valence-electron chi connectivity index (χ1n) is 9.16. The molecule has 0 bridgehead atoms. The summed E-state index contributed by atoms with van der Waals surface area (Å²) in [5.74, 6) is 1.02. The first kappa shape index (κ1) is 21.4. The highest BCUT2D eigenvalue weighted by atomic mass is 16.5. The molecule has 0 spiro atoms. The van der Waals surface area contributed by atoms with E-state index < -0.39 is 5.97 Å². The summed E-state index contributed by atoms with van der Waals surface area (Å²) < 4.78 is 17.1. The molecule has 0 saturated carbocycles. The van der Waals surface area contributed by atoms with Crippen molar-refractivity contribution in [1.82, 2.24) is 0 Å². The lowest BCUT2D eigenvalue weighted by atomic mass is 9.86. The smallest absolute Gasteiger partial charge is 0.328 e. The van der Waals surface area contributed by atoms with Gasteiger partial charge in [-0.1, -0.05) is 32.9 Å². The van der Waals surface area contributed by atoms with Crippen LogP contribution in [0.25, 0.3) is 6.08 Å². The monoisotopic (exact) mass is 384 g/mol. The molecule has 2 rings (SSSR count). The maximum atomic E-state index is 10.8. The summed E-state index contributed by atoms with van der Waals surface area (Å²) in [6, 6.07) is 11.5. The minimum atomic E-state index is -1.01. The number of methoxy groups -OCH3 is 1. The third-order valence-electron chi connectivity index (χ3n) is 4.17. The number of rotatable bonds is 8. The van der Waals surface area contributed by atoms with Gasteiger partial charge >= 0.3 is 5.97 Å². The first-order chi connectivity index (χ1) is 13.2. The van der Waals surface area contributed by atoms with Gasteiger partial charge in [0, 0.05) is 17.7 Å². The Hall–Kier alpha value is -2.95. The summed E-state index contributed by atoms with van der Waals surface area (Å²) in [6.07, 6.45) is 2.57. The zero-order chi connectivity index (χ0) is 20.7. The number of carbonyl (C=O) groups is 1. The van der Waals surface area contributed by atoms with Crippen molar-refractivity contribution < 1.29 is 24.1 Å². The Morgan fingerprint density at radius 2 is 1.71 bits per heavy atom. The number of hydrogen-bond acceptors (Lipinski definition) is 4. The van der Waals surface area contributed by atoms with Gasteiger partial charge in [0.15, 0.2) is 0 Å². The van der Waals surface area contributed by atoms with Crippen LogP contribution in [0, 0.1) is 6.92 Å². The summed E-state index contributed by atoms with van der Waals surface area (Å²) in [5, 5.41) is 8.85. The van der Waals surface area contributed by atoms with Crippen LogP contribution < -0.4 is 14.2 Å². The molecule has 1 N–H and O–H groups in total. The fraction of sp³-hybridized carbons (Fsp3) is 0.348. The van der Waals surface area contributed by atoms with Crippen molar-refractivity contribution in [3.05, 3.63) is 59.2 Å². The second-order valence-electron chi connectivity index (χ2n) is 7.52. The van der Waals surface area contributed by atoms with Crippen molar-refractivity contribution in [2.24, 2.45) is 0 Å². The number of benzene rings is 2. The summed E-state index contributed by atoms with van der Waals surface area (Å²) in [6.45, 7) is 9.17. The van der Waals surface area contributed by atoms with E-state index in [9.17, 15) is 4.79 Å². The zero-order valence-electron chi connectivity index (χ0n) is 17.1. The van der Waals surface area contributed by atoms with Crippen LogP contribution in [0.2, 0.25) is 0 Å². The third-order valence-corrected chi connectivity index (χ3v) is 4.17. The zero-order valence-corrected chi connectivity index (χ0v) is 17.1. The quantitative estimate of drug-likeness (QED) is 0.520. The molecule has 5 nitrogen and oxygen atoms in total. The van der Waals surface area contributed by atoms with Gasteiger partial charge in [-0.3, -0.25) is 0 Å². The number of carboxylic acid groups (broad SMARTS) is 1. The number of aryl methyl sites for hydroxylation is 1. The molecule has 0 aromatic heterocycles. The van der Waals surface area contributed by atoms with Crippen LogP contribution in [0.1, 0.15) is 37.5 Å². The Kier molecular flexibility index (Phi) is 7.10. The molecule has 150 valence electrons. The van der Waals surface area contributed by atoms with Gasteiger partial charge in [-0.2, -0.15) is 0 Å². The molecular formula is C23H28O5. The summed E-state index contributed by atoms with van der Waals surface area (Å²) in [4.78, 5) is 10.8.